The molecule has 0 radical (unpaired) electrons. The van der Waals surface area contributed by atoms with E-state index in [9.17, 15) is 18.0 Å². The summed E-state index contributed by atoms with van der Waals surface area (Å²) >= 11 is 0. The zero-order valence-electron chi connectivity index (χ0n) is 12.3. The minimum Gasteiger partial charge on any atom is -0.395 e. The van der Waals surface area contributed by atoms with Gasteiger partial charge in [0, 0.05) is 13.1 Å². The number of carbonyl (C=O) groups is 1. The first kappa shape index (κ1) is 18.2. The van der Waals surface area contributed by atoms with E-state index in [-0.39, 0.29) is 13.2 Å². The molecule has 0 aromatic carbocycles. The number of nitrogens with one attached hydrogen (secondary N) is 1. The maximum absolute atomic E-state index is 12.0. The summed E-state index contributed by atoms with van der Waals surface area (Å²) in [6.07, 6.45) is -2.41. The van der Waals surface area contributed by atoms with Crippen molar-refractivity contribution in [3.8, 4) is 0 Å². The van der Waals surface area contributed by atoms with Crippen LogP contribution in [0.2, 0.25) is 0 Å². The number of β-amino-alcohol motifs (C(OH)–C–C–N with tert-alkyl or cyclic N) is 1. The quantitative estimate of drug-likeness (QED) is 0.710. The Labute approximate surface area is 123 Å². The number of likely N-dealkylation sites (N-methyl/N-ethyl adjacent to an activating group) is 1. The highest BCUT2D eigenvalue weighted by molar-refractivity contribution is 5.77. The molecule has 0 aromatic heterocycles. The summed E-state index contributed by atoms with van der Waals surface area (Å²) in [7, 11) is 1.74. The fourth-order valence-electron chi connectivity index (χ4n) is 2.54. The number of carbonyl (C=O) groups excluding carboxylic acids is 1. The molecule has 0 aliphatic carbocycles. The first-order valence-corrected chi connectivity index (χ1v) is 7.15. The van der Waals surface area contributed by atoms with Crippen molar-refractivity contribution in [1.29, 1.82) is 0 Å². The average molecular weight is 311 g/mol. The Kier molecular flexibility index (Phi) is 7.41. The van der Waals surface area contributed by atoms with E-state index in [1.807, 2.05) is 5.32 Å². The standard InChI is InChI=1S/C13H24F3N3O2/c1-18(9-12(21)17-10-13(14,15)16)8-11-2-4-19(5-3-11)6-7-20/h11,20H,2-10H2,1H3,(H,17,21). The van der Waals surface area contributed by atoms with Gasteiger partial charge in [-0.3, -0.25) is 9.69 Å². The molecule has 0 atom stereocenters. The monoisotopic (exact) mass is 311 g/mol. The lowest BCUT2D eigenvalue weighted by atomic mass is 9.96. The highest BCUT2D eigenvalue weighted by Gasteiger charge is 2.28. The number of halogens is 3. The van der Waals surface area contributed by atoms with Gasteiger partial charge in [-0.2, -0.15) is 13.2 Å². The maximum atomic E-state index is 12.0. The van der Waals surface area contributed by atoms with Crippen LogP contribution in [0.3, 0.4) is 0 Å². The van der Waals surface area contributed by atoms with Crippen LogP contribution < -0.4 is 5.32 Å². The van der Waals surface area contributed by atoms with E-state index in [4.69, 9.17) is 5.11 Å². The molecule has 0 spiro atoms. The fraction of sp³-hybridized carbons (Fsp3) is 0.923. The van der Waals surface area contributed by atoms with E-state index in [1.165, 1.54) is 0 Å². The molecule has 1 fully saturated rings. The molecular weight excluding hydrogens is 287 g/mol. The minimum absolute atomic E-state index is 0.0209. The lowest BCUT2D eigenvalue weighted by Crippen LogP contribution is -2.43. The largest absolute Gasteiger partial charge is 0.405 e. The number of aliphatic hydroxyl groups is 1. The van der Waals surface area contributed by atoms with Gasteiger partial charge in [0.05, 0.1) is 13.2 Å². The van der Waals surface area contributed by atoms with Crippen molar-refractivity contribution >= 4 is 5.91 Å². The summed E-state index contributed by atoms with van der Waals surface area (Å²) in [5.74, 6) is -0.159. The van der Waals surface area contributed by atoms with Gasteiger partial charge in [-0.25, -0.2) is 0 Å². The zero-order valence-corrected chi connectivity index (χ0v) is 12.3. The van der Waals surface area contributed by atoms with Crippen LogP contribution >= 0.6 is 0 Å². The first-order chi connectivity index (χ1) is 9.80. The number of piperidine rings is 1. The number of nitrogens with zero attached hydrogens (tertiary/aromatic N) is 2. The van der Waals surface area contributed by atoms with Crippen molar-refractivity contribution < 1.29 is 23.1 Å². The van der Waals surface area contributed by atoms with Gasteiger partial charge in [-0.15, -0.1) is 0 Å². The second-order valence-electron chi connectivity index (χ2n) is 5.60. The number of rotatable bonds is 7. The van der Waals surface area contributed by atoms with E-state index < -0.39 is 18.6 Å². The van der Waals surface area contributed by atoms with Crippen LogP contribution in [0.15, 0.2) is 0 Å². The van der Waals surface area contributed by atoms with Crippen LogP contribution in [0.1, 0.15) is 12.8 Å². The third kappa shape index (κ3) is 8.23. The predicted octanol–water partition coefficient (Wildman–Crippen LogP) is 0.301. The van der Waals surface area contributed by atoms with E-state index in [2.05, 4.69) is 4.90 Å². The molecule has 1 saturated heterocycles. The second-order valence-corrected chi connectivity index (χ2v) is 5.60. The normalized spacial score (nSPS) is 18.2. The first-order valence-electron chi connectivity index (χ1n) is 7.15. The Balaban J connectivity index is 2.19. The Bertz CT molecular complexity index is 318. The molecule has 124 valence electrons. The third-order valence-electron chi connectivity index (χ3n) is 3.59. The number of hydrogen-bond acceptors (Lipinski definition) is 4. The third-order valence-corrected chi connectivity index (χ3v) is 3.59. The molecule has 1 rings (SSSR count). The van der Waals surface area contributed by atoms with Gasteiger partial charge in [0.2, 0.25) is 5.91 Å². The Morgan fingerprint density at radius 1 is 1.38 bits per heavy atom. The van der Waals surface area contributed by atoms with Crippen LogP contribution in [0.4, 0.5) is 13.2 Å². The van der Waals surface area contributed by atoms with Crippen LogP contribution in [0.25, 0.3) is 0 Å². The highest BCUT2D eigenvalue weighted by atomic mass is 19.4. The molecule has 5 nitrogen and oxygen atoms in total. The van der Waals surface area contributed by atoms with Crippen molar-refractivity contribution in [2.45, 2.75) is 19.0 Å². The van der Waals surface area contributed by atoms with Gasteiger partial charge in [0.15, 0.2) is 0 Å². The van der Waals surface area contributed by atoms with Gasteiger partial charge in [0.25, 0.3) is 0 Å². The molecule has 1 aliphatic heterocycles. The summed E-state index contributed by atoms with van der Waals surface area (Å²) in [6, 6.07) is 0. The summed E-state index contributed by atoms with van der Waals surface area (Å²) in [5, 5.41) is 10.7. The highest BCUT2D eigenvalue weighted by Crippen LogP contribution is 2.17. The Morgan fingerprint density at radius 3 is 2.52 bits per heavy atom. The molecule has 1 aliphatic rings. The zero-order chi connectivity index (χ0) is 15.9. The number of aliphatic hydroxyl groups excluding tert-OH is 1. The smallest absolute Gasteiger partial charge is 0.395 e. The van der Waals surface area contributed by atoms with Crippen LogP contribution in [-0.4, -0.2) is 79.9 Å². The SMILES string of the molecule is CN(CC(=O)NCC(F)(F)F)CC1CCN(CCO)CC1. The molecule has 21 heavy (non-hydrogen) atoms. The molecule has 8 heteroatoms. The van der Waals surface area contributed by atoms with Crippen LogP contribution in [0, 0.1) is 5.92 Å². The molecule has 2 N–H and O–H groups in total. The predicted molar refractivity (Wildman–Crippen MR) is 72.8 cm³/mol. The van der Waals surface area contributed by atoms with Gasteiger partial charge in [0.1, 0.15) is 6.54 Å². The lowest BCUT2D eigenvalue weighted by Gasteiger charge is -2.33. The number of hydrogen-bond donors (Lipinski definition) is 2. The molecule has 1 heterocycles. The number of alkyl halides is 3. The van der Waals surface area contributed by atoms with E-state index >= 15 is 0 Å². The summed E-state index contributed by atoms with van der Waals surface area (Å²) in [4.78, 5) is 15.3. The number of amides is 1. The van der Waals surface area contributed by atoms with Gasteiger partial charge in [-0.05, 0) is 38.9 Å². The van der Waals surface area contributed by atoms with E-state index in [1.54, 1.807) is 11.9 Å². The van der Waals surface area contributed by atoms with E-state index in [0.717, 1.165) is 25.9 Å². The van der Waals surface area contributed by atoms with Crippen molar-refractivity contribution in [3.05, 3.63) is 0 Å². The molecule has 0 aromatic rings. The summed E-state index contributed by atoms with van der Waals surface area (Å²) < 4.78 is 35.9. The maximum Gasteiger partial charge on any atom is 0.405 e. The second kappa shape index (κ2) is 8.55. The van der Waals surface area contributed by atoms with Crippen molar-refractivity contribution in [2.24, 2.45) is 5.92 Å². The molecule has 0 unspecified atom stereocenters. The summed E-state index contributed by atoms with van der Waals surface area (Å²) in [5.41, 5.74) is 0. The van der Waals surface area contributed by atoms with Crippen molar-refractivity contribution in [1.82, 2.24) is 15.1 Å². The minimum atomic E-state index is -4.37. The molecule has 0 bridgehead atoms. The Morgan fingerprint density at radius 2 is 2.00 bits per heavy atom. The van der Waals surface area contributed by atoms with Gasteiger partial charge < -0.3 is 15.3 Å². The molecule has 1 amide bonds. The van der Waals surface area contributed by atoms with E-state index in [0.29, 0.717) is 19.0 Å². The van der Waals surface area contributed by atoms with Gasteiger partial charge >= 0.3 is 6.18 Å². The lowest BCUT2D eigenvalue weighted by molar-refractivity contribution is -0.139. The van der Waals surface area contributed by atoms with Crippen LogP contribution in [0.5, 0.6) is 0 Å². The topological polar surface area (TPSA) is 55.8 Å². The molecular formula is C13H24F3N3O2. The van der Waals surface area contributed by atoms with Crippen LogP contribution in [-0.2, 0) is 4.79 Å². The van der Waals surface area contributed by atoms with Crippen molar-refractivity contribution in [2.75, 3.05) is 52.9 Å². The van der Waals surface area contributed by atoms with Gasteiger partial charge in [-0.1, -0.05) is 0 Å². The Hall–Kier alpha value is -0.860. The summed E-state index contributed by atoms with van der Waals surface area (Å²) in [6.45, 7) is 2.07. The average Bonchev–Trinajstić information content (AvgIpc) is 2.38. The van der Waals surface area contributed by atoms with Crippen molar-refractivity contribution in [3.63, 3.8) is 0 Å². The molecule has 0 saturated carbocycles. The number of likely N-dealkylation sites (tertiary alicyclic amines) is 1. The fourth-order valence-corrected chi connectivity index (χ4v) is 2.54.